The molecule has 0 aromatic carbocycles. The Morgan fingerprint density at radius 1 is 1.59 bits per heavy atom. The molecule has 0 saturated carbocycles. The molecule has 2 radical (unpaired) electrons. The molecule has 2 rings (SSSR count). The first kappa shape index (κ1) is 16.4. The lowest BCUT2D eigenvalue weighted by Crippen LogP contribution is -2.33. The zero-order valence-electron chi connectivity index (χ0n) is 13.5. The summed E-state index contributed by atoms with van der Waals surface area (Å²) in [6, 6.07) is 1.92. The largest absolute Gasteiger partial charge is 0.492 e. The molecule has 116 valence electrons. The number of alkyl carbamates (subject to hydrolysis) is 1. The van der Waals surface area contributed by atoms with Crippen molar-refractivity contribution in [3.63, 3.8) is 0 Å². The fraction of sp³-hybridized carbons (Fsp3) is 0.500. The quantitative estimate of drug-likeness (QED) is 0.866. The predicted octanol–water partition coefficient (Wildman–Crippen LogP) is 1.91. The van der Waals surface area contributed by atoms with Crippen molar-refractivity contribution in [2.24, 2.45) is 0 Å². The molecule has 1 amide bonds. The minimum atomic E-state index is -0.533. The number of hydrogen-bond acceptors (Lipinski definition) is 4. The van der Waals surface area contributed by atoms with Gasteiger partial charge in [-0.2, -0.15) is 0 Å². The number of rotatable bonds is 3. The summed E-state index contributed by atoms with van der Waals surface area (Å²) in [5.74, 6) is 0.926. The van der Waals surface area contributed by atoms with Gasteiger partial charge >= 0.3 is 6.09 Å². The number of carbonyl (C=O) groups excluding carboxylic acids is 1. The summed E-state index contributed by atoms with van der Waals surface area (Å²) in [6.07, 6.45) is -0.487. The fourth-order valence-corrected chi connectivity index (χ4v) is 2.16. The summed E-state index contributed by atoms with van der Waals surface area (Å²) in [4.78, 5) is 16.0. The van der Waals surface area contributed by atoms with Gasteiger partial charge in [0.05, 0.1) is 12.3 Å². The highest BCUT2D eigenvalue weighted by Crippen LogP contribution is 2.32. The molecule has 0 fully saturated rings. The van der Waals surface area contributed by atoms with E-state index < -0.39 is 11.7 Å². The number of nitrogens with zero attached hydrogens (tertiary/aromatic N) is 1. The van der Waals surface area contributed by atoms with E-state index in [0.29, 0.717) is 29.2 Å². The highest BCUT2D eigenvalue weighted by atomic mass is 16.6. The topological polar surface area (TPSA) is 60.5 Å². The molecule has 1 aliphatic rings. The van der Waals surface area contributed by atoms with Crippen LogP contribution in [-0.4, -0.2) is 37.7 Å². The van der Waals surface area contributed by atoms with Gasteiger partial charge in [0.1, 0.15) is 19.2 Å². The molecular formula is C16H21BN2O3. The van der Waals surface area contributed by atoms with Crippen molar-refractivity contribution >= 4 is 25.1 Å². The molecule has 1 atom stereocenters. The zero-order valence-corrected chi connectivity index (χ0v) is 13.5. The van der Waals surface area contributed by atoms with Crippen molar-refractivity contribution in [3.8, 4) is 5.75 Å². The monoisotopic (exact) mass is 300 g/mol. The molecule has 1 N–H and O–H groups in total. The van der Waals surface area contributed by atoms with Crippen LogP contribution in [0.2, 0.25) is 0 Å². The standard InChI is InChI=1S/C16H21BN2O3/c1-9(7-18-15(20)22-16(3,4)5)12-6-11-10(2)8-21-13(11)14(17)19-12/h6,10H,1,7-8H2,2-5H3,(H,18,20). The molecule has 0 aliphatic carbocycles. The molecule has 1 aromatic rings. The first-order chi connectivity index (χ1) is 10.2. The van der Waals surface area contributed by atoms with Gasteiger partial charge in [-0.1, -0.05) is 13.5 Å². The number of fused-ring (bicyclic) bond motifs is 1. The van der Waals surface area contributed by atoms with Crippen molar-refractivity contribution in [2.45, 2.75) is 39.2 Å². The van der Waals surface area contributed by atoms with E-state index in [1.54, 1.807) is 0 Å². The van der Waals surface area contributed by atoms with Gasteiger partial charge < -0.3 is 14.8 Å². The van der Waals surface area contributed by atoms with Crippen molar-refractivity contribution in [1.82, 2.24) is 10.3 Å². The van der Waals surface area contributed by atoms with E-state index in [9.17, 15) is 4.79 Å². The third-order valence-corrected chi connectivity index (χ3v) is 3.24. The Morgan fingerprint density at radius 3 is 2.91 bits per heavy atom. The molecule has 1 aromatic heterocycles. The van der Waals surface area contributed by atoms with Gasteiger partial charge in [0.15, 0.2) is 0 Å². The Morgan fingerprint density at radius 2 is 2.27 bits per heavy atom. The van der Waals surface area contributed by atoms with E-state index in [4.69, 9.17) is 17.3 Å². The lowest BCUT2D eigenvalue weighted by molar-refractivity contribution is 0.0535. The number of carbonyl (C=O) groups is 1. The second-order valence-electron chi connectivity index (χ2n) is 6.48. The van der Waals surface area contributed by atoms with Gasteiger partial charge in [-0.15, -0.1) is 0 Å². The van der Waals surface area contributed by atoms with E-state index in [0.717, 1.165) is 5.56 Å². The Bertz CT molecular complexity index is 608. The number of nitrogens with one attached hydrogen (secondary N) is 1. The van der Waals surface area contributed by atoms with Crippen LogP contribution < -0.4 is 15.6 Å². The molecule has 0 bridgehead atoms. The number of pyridine rings is 1. The molecule has 0 spiro atoms. The van der Waals surface area contributed by atoms with Crippen molar-refractivity contribution in [2.75, 3.05) is 13.2 Å². The maximum atomic E-state index is 11.7. The summed E-state index contributed by atoms with van der Waals surface area (Å²) in [5.41, 5.74) is 2.18. The Labute approximate surface area is 132 Å². The fourth-order valence-electron chi connectivity index (χ4n) is 2.16. The smallest absolute Gasteiger partial charge is 0.407 e. The lowest BCUT2D eigenvalue weighted by Gasteiger charge is -2.20. The number of amides is 1. The van der Waals surface area contributed by atoms with Crippen molar-refractivity contribution in [3.05, 3.63) is 23.9 Å². The molecular weight excluding hydrogens is 279 g/mol. The van der Waals surface area contributed by atoms with Crippen LogP contribution in [0.1, 0.15) is 44.9 Å². The molecule has 1 aliphatic heterocycles. The zero-order chi connectivity index (χ0) is 16.5. The van der Waals surface area contributed by atoms with Crippen LogP contribution in [0.4, 0.5) is 4.79 Å². The maximum absolute atomic E-state index is 11.7. The first-order valence-electron chi connectivity index (χ1n) is 7.25. The highest BCUT2D eigenvalue weighted by molar-refractivity contribution is 6.32. The summed E-state index contributed by atoms with van der Waals surface area (Å²) in [5, 5.41) is 2.66. The first-order valence-corrected chi connectivity index (χ1v) is 7.25. The summed E-state index contributed by atoms with van der Waals surface area (Å²) >= 11 is 0. The Balaban J connectivity index is 2.04. The molecule has 22 heavy (non-hydrogen) atoms. The van der Waals surface area contributed by atoms with Gasteiger partial charge in [-0.25, -0.2) is 4.79 Å². The van der Waals surface area contributed by atoms with Gasteiger partial charge in [-0.05, 0) is 32.4 Å². The van der Waals surface area contributed by atoms with Gasteiger partial charge in [-0.3, -0.25) is 4.98 Å². The molecule has 1 unspecified atom stereocenters. The van der Waals surface area contributed by atoms with Crippen LogP contribution in [0.3, 0.4) is 0 Å². The molecule has 2 heterocycles. The molecule has 6 heteroatoms. The van der Waals surface area contributed by atoms with E-state index in [2.05, 4.69) is 23.8 Å². The Kier molecular flexibility index (Phi) is 4.49. The highest BCUT2D eigenvalue weighted by Gasteiger charge is 2.24. The van der Waals surface area contributed by atoms with E-state index in [1.807, 2.05) is 26.8 Å². The average molecular weight is 300 g/mol. The van der Waals surface area contributed by atoms with Crippen LogP contribution in [0, 0.1) is 0 Å². The second kappa shape index (κ2) is 6.03. The average Bonchev–Trinajstić information content (AvgIpc) is 2.76. The third kappa shape index (κ3) is 3.81. The number of hydrogen-bond donors (Lipinski definition) is 1. The minimum absolute atomic E-state index is 0.245. The maximum Gasteiger partial charge on any atom is 0.407 e. The predicted molar refractivity (Wildman–Crippen MR) is 86.8 cm³/mol. The van der Waals surface area contributed by atoms with Gasteiger partial charge in [0.25, 0.3) is 0 Å². The molecule has 5 nitrogen and oxygen atoms in total. The summed E-state index contributed by atoms with van der Waals surface area (Å²) in [6.45, 7) is 12.3. The molecule has 0 saturated heterocycles. The lowest BCUT2D eigenvalue weighted by atomic mass is 9.94. The summed E-state index contributed by atoms with van der Waals surface area (Å²) in [7, 11) is 5.92. The normalized spacial score (nSPS) is 16.6. The number of aromatic nitrogens is 1. The van der Waals surface area contributed by atoms with Crippen LogP contribution in [-0.2, 0) is 4.74 Å². The third-order valence-electron chi connectivity index (χ3n) is 3.24. The van der Waals surface area contributed by atoms with Crippen LogP contribution in [0.25, 0.3) is 5.57 Å². The van der Waals surface area contributed by atoms with Crippen molar-refractivity contribution in [1.29, 1.82) is 0 Å². The van der Waals surface area contributed by atoms with Crippen molar-refractivity contribution < 1.29 is 14.3 Å². The van der Waals surface area contributed by atoms with E-state index >= 15 is 0 Å². The summed E-state index contributed by atoms with van der Waals surface area (Å²) < 4.78 is 10.7. The van der Waals surface area contributed by atoms with Crippen LogP contribution in [0.5, 0.6) is 5.75 Å². The SMILES string of the molecule is [B]c1nc(C(=C)CNC(=O)OC(C)(C)C)cc2c1OCC2C. The minimum Gasteiger partial charge on any atom is -0.492 e. The van der Waals surface area contributed by atoms with Crippen LogP contribution in [0.15, 0.2) is 12.6 Å². The second-order valence-corrected chi connectivity index (χ2v) is 6.48. The van der Waals surface area contributed by atoms with E-state index in [-0.39, 0.29) is 12.5 Å². The Hall–Kier alpha value is -1.98. The van der Waals surface area contributed by atoms with Gasteiger partial charge in [0, 0.05) is 23.6 Å². The van der Waals surface area contributed by atoms with E-state index in [1.165, 1.54) is 0 Å². The van der Waals surface area contributed by atoms with Crippen LogP contribution >= 0.6 is 0 Å². The number of ether oxygens (including phenoxy) is 2. The van der Waals surface area contributed by atoms with Gasteiger partial charge in [0.2, 0.25) is 0 Å².